The molecule has 2 aromatic rings. The molecule has 1 unspecified atom stereocenters. The SMILES string of the molecule is CC(C)(C)OC(=O)C(N)(Cc1ccc(OCc2ccccc2)c(O)c1)C(=O)O. The van der Waals surface area contributed by atoms with Crippen LogP contribution in [0.4, 0.5) is 0 Å². The molecule has 0 heterocycles. The molecule has 0 amide bonds. The Morgan fingerprint density at radius 1 is 1.04 bits per heavy atom. The van der Waals surface area contributed by atoms with E-state index in [1.54, 1.807) is 26.8 Å². The van der Waals surface area contributed by atoms with Gasteiger partial charge >= 0.3 is 11.9 Å². The van der Waals surface area contributed by atoms with Crippen molar-refractivity contribution in [2.75, 3.05) is 0 Å². The second-order valence-corrected chi connectivity index (χ2v) is 7.53. The van der Waals surface area contributed by atoms with Crippen LogP contribution in [0, 0.1) is 0 Å². The van der Waals surface area contributed by atoms with E-state index < -0.39 is 23.1 Å². The molecule has 1 atom stereocenters. The first-order chi connectivity index (χ1) is 13.0. The zero-order valence-corrected chi connectivity index (χ0v) is 16.1. The lowest BCUT2D eigenvalue weighted by Gasteiger charge is -2.28. The largest absolute Gasteiger partial charge is 0.504 e. The average Bonchev–Trinajstić information content (AvgIpc) is 2.60. The lowest BCUT2D eigenvalue weighted by Crippen LogP contribution is -2.58. The van der Waals surface area contributed by atoms with Crippen molar-refractivity contribution in [3.8, 4) is 11.5 Å². The predicted molar refractivity (Wildman–Crippen MR) is 103 cm³/mol. The van der Waals surface area contributed by atoms with Crippen LogP contribution in [0.1, 0.15) is 31.9 Å². The van der Waals surface area contributed by atoms with Crippen LogP contribution in [0.15, 0.2) is 48.5 Å². The van der Waals surface area contributed by atoms with Gasteiger partial charge in [-0.1, -0.05) is 36.4 Å². The monoisotopic (exact) mass is 387 g/mol. The van der Waals surface area contributed by atoms with E-state index in [0.717, 1.165) is 5.56 Å². The molecular weight excluding hydrogens is 362 g/mol. The number of carboxylic acid groups (broad SMARTS) is 1. The zero-order chi connectivity index (χ0) is 20.9. The van der Waals surface area contributed by atoms with Crippen LogP contribution in [-0.2, 0) is 27.4 Å². The first-order valence-electron chi connectivity index (χ1n) is 8.75. The van der Waals surface area contributed by atoms with Crippen molar-refractivity contribution < 1.29 is 29.3 Å². The number of carboxylic acids is 1. The first-order valence-corrected chi connectivity index (χ1v) is 8.75. The maximum atomic E-state index is 12.3. The summed E-state index contributed by atoms with van der Waals surface area (Å²) in [7, 11) is 0. The fraction of sp³-hybridized carbons (Fsp3) is 0.333. The van der Waals surface area contributed by atoms with Gasteiger partial charge in [0.25, 0.3) is 0 Å². The van der Waals surface area contributed by atoms with Crippen LogP contribution in [0.2, 0.25) is 0 Å². The Morgan fingerprint density at radius 2 is 1.68 bits per heavy atom. The van der Waals surface area contributed by atoms with Gasteiger partial charge in [0.05, 0.1) is 0 Å². The van der Waals surface area contributed by atoms with E-state index in [0.29, 0.717) is 5.56 Å². The van der Waals surface area contributed by atoms with Crippen molar-refractivity contribution in [2.24, 2.45) is 5.73 Å². The molecule has 4 N–H and O–H groups in total. The standard InChI is InChI=1S/C21H25NO6/c1-20(2,3)28-19(26)21(22,18(24)25)12-15-9-10-17(16(23)11-15)27-13-14-7-5-4-6-8-14/h4-11,23H,12-13,22H2,1-3H3,(H,24,25). The fourth-order valence-corrected chi connectivity index (χ4v) is 2.46. The van der Waals surface area contributed by atoms with E-state index in [9.17, 15) is 19.8 Å². The summed E-state index contributed by atoms with van der Waals surface area (Å²) in [6.07, 6.45) is -0.343. The van der Waals surface area contributed by atoms with E-state index in [4.69, 9.17) is 15.2 Å². The highest BCUT2D eigenvalue weighted by Gasteiger charge is 2.45. The molecule has 0 radical (unpaired) electrons. The van der Waals surface area contributed by atoms with Gasteiger partial charge in [0.2, 0.25) is 5.54 Å². The number of aliphatic carboxylic acids is 1. The van der Waals surface area contributed by atoms with Crippen molar-refractivity contribution in [3.63, 3.8) is 0 Å². The highest BCUT2D eigenvalue weighted by molar-refractivity contribution is 6.04. The maximum Gasteiger partial charge on any atom is 0.338 e. The molecule has 150 valence electrons. The minimum atomic E-state index is -2.27. The Kier molecular flexibility index (Phi) is 6.30. The lowest BCUT2D eigenvalue weighted by atomic mass is 9.91. The van der Waals surface area contributed by atoms with Gasteiger partial charge in [-0.3, -0.25) is 0 Å². The number of nitrogens with two attached hydrogens (primary N) is 1. The zero-order valence-electron chi connectivity index (χ0n) is 16.1. The number of carbonyl (C=O) groups is 2. The first kappa shape index (κ1) is 21.2. The van der Waals surface area contributed by atoms with E-state index in [1.807, 2.05) is 30.3 Å². The van der Waals surface area contributed by atoms with Gasteiger partial charge in [-0.15, -0.1) is 0 Å². The van der Waals surface area contributed by atoms with Crippen molar-refractivity contribution in [1.82, 2.24) is 0 Å². The Bertz CT molecular complexity index is 844. The van der Waals surface area contributed by atoms with E-state index in [1.165, 1.54) is 12.1 Å². The third-order valence-corrected chi connectivity index (χ3v) is 3.89. The van der Waals surface area contributed by atoms with Crippen LogP contribution < -0.4 is 10.5 Å². The molecule has 7 heteroatoms. The van der Waals surface area contributed by atoms with Crippen LogP contribution in [0.25, 0.3) is 0 Å². The van der Waals surface area contributed by atoms with Crippen molar-refractivity contribution in [1.29, 1.82) is 0 Å². The summed E-state index contributed by atoms with van der Waals surface area (Å²) < 4.78 is 10.7. The number of rotatable bonds is 7. The Balaban J connectivity index is 2.14. The minimum Gasteiger partial charge on any atom is -0.504 e. The molecule has 7 nitrogen and oxygen atoms in total. The number of esters is 1. The van der Waals surface area contributed by atoms with Crippen molar-refractivity contribution in [3.05, 3.63) is 59.7 Å². The number of benzene rings is 2. The number of phenolic OH excluding ortho intramolecular Hbond substituents is 1. The number of hydrogen-bond acceptors (Lipinski definition) is 6. The summed E-state index contributed by atoms with van der Waals surface area (Å²) in [6, 6.07) is 13.8. The molecule has 0 aliphatic carbocycles. The second-order valence-electron chi connectivity index (χ2n) is 7.53. The molecule has 0 fully saturated rings. The van der Waals surface area contributed by atoms with Gasteiger partial charge in [-0.05, 0) is 44.0 Å². The number of phenols is 1. The number of carbonyl (C=O) groups excluding carboxylic acids is 1. The molecule has 0 aromatic heterocycles. The fourth-order valence-electron chi connectivity index (χ4n) is 2.46. The average molecular weight is 387 g/mol. The molecule has 2 rings (SSSR count). The quantitative estimate of drug-likeness (QED) is 0.493. The third kappa shape index (κ3) is 5.47. The summed E-state index contributed by atoms with van der Waals surface area (Å²) in [5.74, 6) is -2.49. The van der Waals surface area contributed by atoms with Crippen molar-refractivity contribution in [2.45, 2.75) is 44.9 Å². The minimum absolute atomic E-state index is 0.176. The summed E-state index contributed by atoms with van der Waals surface area (Å²) in [5.41, 5.74) is 4.00. The van der Waals surface area contributed by atoms with Gasteiger partial charge in [0.15, 0.2) is 11.5 Å². The normalized spacial score (nSPS) is 13.4. The molecule has 0 spiro atoms. The van der Waals surface area contributed by atoms with Crippen LogP contribution in [0.5, 0.6) is 11.5 Å². The predicted octanol–water partition coefficient (Wildman–Crippen LogP) is 2.64. The highest BCUT2D eigenvalue weighted by atomic mass is 16.6. The van der Waals surface area contributed by atoms with Gasteiger partial charge in [0, 0.05) is 6.42 Å². The molecule has 0 aliphatic heterocycles. The van der Waals surface area contributed by atoms with Crippen LogP contribution in [-0.4, -0.2) is 33.3 Å². The maximum absolute atomic E-state index is 12.3. The molecule has 2 aromatic carbocycles. The van der Waals surface area contributed by atoms with E-state index in [2.05, 4.69) is 0 Å². The Labute approximate surface area is 163 Å². The third-order valence-electron chi connectivity index (χ3n) is 3.89. The van der Waals surface area contributed by atoms with Crippen LogP contribution >= 0.6 is 0 Å². The van der Waals surface area contributed by atoms with Gasteiger partial charge in [-0.2, -0.15) is 0 Å². The second kappa shape index (κ2) is 8.31. The smallest absolute Gasteiger partial charge is 0.338 e. The number of aromatic hydroxyl groups is 1. The molecule has 0 aliphatic rings. The summed E-state index contributed by atoms with van der Waals surface area (Å²) in [6.45, 7) is 5.13. The van der Waals surface area contributed by atoms with Crippen molar-refractivity contribution >= 4 is 11.9 Å². The topological polar surface area (TPSA) is 119 Å². The molecule has 0 bridgehead atoms. The highest BCUT2D eigenvalue weighted by Crippen LogP contribution is 2.29. The van der Waals surface area contributed by atoms with Gasteiger partial charge in [-0.25, -0.2) is 9.59 Å². The van der Waals surface area contributed by atoms with Gasteiger partial charge in [0.1, 0.15) is 12.2 Å². The molecule has 0 saturated heterocycles. The summed E-state index contributed by atoms with van der Waals surface area (Å²) in [5, 5.41) is 19.7. The molecule has 28 heavy (non-hydrogen) atoms. The molecular formula is C21H25NO6. The number of ether oxygens (including phenoxy) is 2. The lowest BCUT2D eigenvalue weighted by molar-refractivity contribution is -0.169. The van der Waals surface area contributed by atoms with Gasteiger partial charge < -0.3 is 25.4 Å². The number of hydrogen-bond donors (Lipinski definition) is 3. The van der Waals surface area contributed by atoms with Crippen LogP contribution in [0.3, 0.4) is 0 Å². The molecule has 0 saturated carbocycles. The summed E-state index contributed by atoms with van der Waals surface area (Å²) in [4.78, 5) is 24.0. The van der Waals surface area contributed by atoms with E-state index in [-0.39, 0.29) is 24.5 Å². The Morgan fingerprint density at radius 3 is 2.21 bits per heavy atom. The summed E-state index contributed by atoms with van der Waals surface area (Å²) >= 11 is 0. The van der Waals surface area contributed by atoms with E-state index >= 15 is 0 Å². The Hall–Kier alpha value is -3.06.